The molecule has 0 heterocycles. The van der Waals surface area contributed by atoms with Crippen LogP contribution in [-0.4, -0.2) is 18.2 Å². The molecule has 0 bridgehead atoms. The average molecular weight is 264 g/mol. The van der Waals surface area contributed by atoms with E-state index in [0.29, 0.717) is 16.3 Å². The second-order valence-electron chi connectivity index (χ2n) is 2.40. The number of carbonyl (C=O) groups is 1. The lowest BCUT2D eigenvalue weighted by molar-refractivity contribution is 0.102. The van der Waals surface area contributed by atoms with Crippen LogP contribution in [0.25, 0.3) is 0 Å². The zero-order chi connectivity index (χ0) is 9.84. The molecule has 0 saturated carbocycles. The smallest absolute Gasteiger partial charge is 0.175 e. The fourth-order valence-corrected chi connectivity index (χ4v) is 1.44. The molecule has 2 nitrogen and oxygen atoms in total. The van der Waals surface area contributed by atoms with Crippen molar-refractivity contribution in [3.05, 3.63) is 28.8 Å². The van der Waals surface area contributed by atoms with Crippen molar-refractivity contribution in [1.29, 1.82) is 0 Å². The fraction of sp³-hybridized carbons (Fsp3) is 0.222. The van der Waals surface area contributed by atoms with Crippen molar-refractivity contribution in [3.63, 3.8) is 0 Å². The molecule has 0 spiro atoms. The number of Topliss-reactive ketones (excluding diaryl/α,β-unsaturated/α-hetero) is 1. The molecular formula is C9H8BrClO2. The highest BCUT2D eigenvalue weighted by Gasteiger charge is 2.09. The van der Waals surface area contributed by atoms with Gasteiger partial charge in [0.1, 0.15) is 5.75 Å². The molecule has 4 heteroatoms. The van der Waals surface area contributed by atoms with Crippen LogP contribution in [0.1, 0.15) is 10.4 Å². The zero-order valence-electron chi connectivity index (χ0n) is 7.01. The summed E-state index contributed by atoms with van der Waals surface area (Å²) in [5, 5.41) is 0.713. The number of benzene rings is 1. The maximum atomic E-state index is 11.3. The van der Waals surface area contributed by atoms with Gasteiger partial charge in [0.2, 0.25) is 0 Å². The molecule has 0 aliphatic rings. The molecule has 13 heavy (non-hydrogen) atoms. The van der Waals surface area contributed by atoms with E-state index >= 15 is 0 Å². The van der Waals surface area contributed by atoms with Crippen LogP contribution < -0.4 is 4.74 Å². The molecule has 1 aromatic rings. The number of alkyl halides is 1. The summed E-state index contributed by atoms with van der Waals surface area (Å²) >= 11 is 8.91. The molecule has 0 aromatic heterocycles. The summed E-state index contributed by atoms with van der Waals surface area (Å²) in [6.45, 7) is 0. The Bertz CT molecular complexity index is 325. The van der Waals surface area contributed by atoms with Crippen LogP contribution in [-0.2, 0) is 0 Å². The molecular weight excluding hydrogens is 255 g/mol. The van der Waals surface area contributed by atoms with Gasteiger partial charge in [0, 0.05) is 5.56 Å². The highest BCUT2D eigenvalue weighted by Crippen LogP contribution is 2.22. The van der Waals surface area contributed by atoms with Crippen molar-refractivity contribution in [3.8, 4) is 5.75 Å². The largest absolute Gasteiger partial charge is 0.497 e. The van der Waals surface area contributed by atoms with Gasteiger partial charge in [0.25, 0.3) is 0 Å². The maximum Gasteiger partial charge on any atom is 0.175 e. The van der Waals surface area contributed by atoms with Crippen LogP contribution in [0, 0.1) is 0 Å². The van der Waals surface area contributed by atoms with Crippen LogP contribution in [0.2, 0.25) is 5.02 Å². The van der Waals surface area contributed by atoms with Gasteiger partial charge in [-0.2, -0.15) is 0 Å². The molecule has 1 rings (SSSR count). The first-order valence-electron chi connectivity index (χ1n) is 3.61. The van der Waals surface area contributed by atoms with Crippen LogP contribution in [0.5, 0.6) is 5.75 Å². The minimum absolute atomic E-state index is 0.0519. The standard InChI is InChI=1S/C9H8BrClO2/c1-13-6-2-3-8(11)7(4-6)9(12)5-10/h2-4H,5H2,1H3. The summed E-state index contributed by atoms with van der Waals surface area (Å²) < 4.78 is 4.98. The lowest BCUT2D eigenvalue weighted by Gasteiger charge is -2.04. The molecule has 1 aromatic carbocycles. The summed E-state index contributed by atoms with van der Waals surface area (Å²) in [5.41, 5.74) is 0.484. The van der Waals surface area contributed by atoms with Gasteiger partial charge in [-0.1, -0.05) is 27.5 Å². The normalized spacial score (nSPS) is 9.77. The Hall–Kier alpha value is -0.540. The molecule has 0 aliphatic carbocycles. The average Bonchev–Trinajstić information content (AvgIpc) is 2.17. The first kappa shape index (κ1) is 10.5. The quantitative estimate of drug-likeness (QED) is 0.619. The Morgan fingerprint density at radius 1 is 1.62 bits per heavy atom. The van der Waals surface area contributed by atoms with Crippen LogP contribution in [0.4, 0.5) is 0 Å². The highest BCUT2D eigenvalue weighted by atomic mass is 79.9. The van der Waals surface area contributed by atoms with Crippen LogP contribution >= 0.6 is 27.5 Å². The van der Waals surface area contributed by atoms with E-state index in [1.807, 2.05) is 0 Å². The lowest BCUT2D eigenvalue weighted by atomic mass is 10.1. The molecule has 0 aliphatic heterocycles. The lowest BCUT2D eigenvalue weighted by Crippen LogP contribution is -2.01. The summed E-state index contributed by atoms with van der Waals surface area (Å²) in [4.78, 5) is 11.3. The third-order valence-corrected chi connectivity index (χ3v) is 2.43. The minimum Gasteiger partial charge on any atom is -0.497 e. The van der Waals surface area contributed by atoms with E-state index in [-0.39, 0.29) is 11.1 Å². The SMILES string of the molecule is COc1ccc(Cl)c(C(=O)CBr)c1. The number of rotatable bonds is 3. The molecule has 0 radical (unpaired) electrons. The Labute approximate surface area is 90.0 Å². The third-order valence-electron chi connectivity index (χ3n) is 1.60. The van der Waals surface area contributed by atoms with Gasteiger partial charge in [-0.05, 0) is 18.2 Å². The van der Waals surface area contributed by atoms with Gasteiger partial charge in [-0.15, -0.1) is 0 Å². The van der Waals surface area contributed by atoms with E-state index in [0.717, 1.165) is 0 Å². The first-order chi connectivity index (χ1) is 6.19. The number of hydrogen-bond acceptors (Lipinski definition) is 2. The van der Waals surface area contributed by atoms with Gasteiger partial charge in [-0.3, -0.25) is 4.79 Å². The Morgan fingerprint density at radius 3 is 2.85 bits per heavy atom. The topological polar surface area (TPSA) is 26.3 Å². The van der Waals surface area contributed by atoms with Crippen molar-refractivity contribution < 1.29 is 9.53 Å². The predicted molar refractivity (Wildman–Crippen MR) is 56.1 cm³/mol. The Balaban J connectivity index is 3.11. The predicted octanol–water partition coefficient (Wildman–Crippen LogP) is 2.93. The maximum absolute atomic E-state index is 11.3. The summed E-state index contributed by atoms with van der Waals surface area (Å²) in [7, 11) is 1.55. The second-order valence-corrected chi connectivity index (χ2v) is 3.37. The van der Waals surface area contributed by atoms with Crippen molar-refractivity contribution >= 4 is 33.3 Å². The van der Waals surface area contributed by atoms with E-state index in [2.05, 4.69) is 15.9 Å². The monoisotopic (exact) mass is 262 g/mol. The summed E-state index contributed by atoms with van der Waals surface area (Å²) in [6.07, 6.45) is 0. The van der Waals surface area contributed by atoms with Gasteiger partial charge in [-0.25, -0.2) is 0 Å². The first-order valence-corrected chi connectivity index (χ1v) is 5.11. The molecule has 0 saturated heterocycles. The molecule has 0 amide bonds. The number of halogens is 2. The fourth-order valence-electron chi connectivity index (χ4n) is 0.917. The van der Waals surface area contributed by atoms with E-state index in [9.17, 15) is 4.79 Å². The second kappa shape index (κ2) is 4.63. The number of methoxy groups -OCH3 is 1. The van der Waals surface area contributed by atoms with Crippen molar-refractivity contribution in [2.75, 3.05) is 12.4 Å². The van der Waals surface area contributed by atoms with Gasteiger partial charge < -0.3 is 4.74 Å². The number of hydrogen-bond donors (Lipinski definition) is 0. The van der Waals surface area contributed by atoms with Crippen molar-refractivity contribution in [2.24, 2.45) is 0 Å². The van der Waals surface area contributed by atoms with Gasteiger partial charge >= 0.3 is 0 Å². The third kappa shape index (κ3) is 2.45. The van der Waals surface area contributed by atoms with E-state index < -0.39 is 0 Å². The summed E-state index contributed by atoms with van der Waals surface area (Å²) in [6, 6.07) is 5.00. The number of ketones is 1. The van der Waals surface area contributed by atoms with E-state index in [4.69, 9.17) is 16.3 Å². The number of ether oxygens (including phenoxy) is 1. The zero-order valence-corrected chi connectivity index (χ0v) is 9.35. The van der Waals surface area contributed by atoms with Gasteiger partial charge in [0.15, 0.2) is 5.78 Å². The van der Waals surface area contributed by atoms with Crippen LogP contribution in [0.15, 0.2) is 18.2 Å². The summed E-state index contributed by atoms with van der Waals surface area (Å²) in [5.74, 6) is 0.581. The minimum atomic E-state index is -0.0519. The highest BCUT2D eigenvalue weighted by molar-refractivity contribution is 9.09. The molecule has 0 unspecified atom stereocenters. The number of carbonyl (C=O) groups excluding carboxylic acids is 1. The molecule has 0 fully saturated rings. The van der Waals surface area contributed by atoms with Crippen LogP contribution in [0.3, 0.4) is 0 Å². The van der Waals surface area contributed by atoms with Crippen molar-refractivity contribution in [2.45, 2.75) is 0 Å². The Morgan fingerprint density at radius 2 is 2.31 bits per heavy atom. The van der Waals surface area contributed by atoms with E-state index in [1.54, 1.807) is 25.3 Å². The van der Waals surface area contributed by atoms with Gasteiger partial charge in [0.05, 0.1) is 17.5 Å². The molecule has 0 atom stereocenters. The van der Waals surface area contributed by atoms with Crippen molar-refractivity contribution in [1.82, 2.24) is 0 Å². The molecule has 70 valence electrons. The molecule has 0 N–H and O–H groups in total. The van der Waals surface area contributed by atoms with E-state index in [1.165, 1.54) is 0 Å². The Kier molecular flexibility index (Phi) is 3.75.